The van der Waals surface area contributed by atoms with E-state index in [-0.39, 0.29) is 82.6 Å². The van der Waals surface area contributed by atoms with Crippen LogP contribution in [0.4, 0.5) is 0 Å². The van der Waals surface area contributed by atoms with E-state index in [1.54, 1.807) is 0 Å². The molecule has 0 aliphatic rings. The molecule has 7 heteroatoms. The van der Waals surface area contributed by atoms with E-state index in [9.17, 15) is 0 Å². The summed E-state index contributed by atoms with van der Waals surface area (Å²) in [5.74, 6) is 0. The minimum Gasteiger partial charge on any atom is -2.00 e. The average Bonchev–Trinajstić information content (AvgIpc) is 0. The Labute approximate surface area is 82.1 Å². The minimum atomic E-state index is 0. The molecule has 0 rings (SSSR count). The first-order chi connectivity index (χ1) is 0. The molecule has 0 aromatic carbocycles. The van der Waals surface area contributed by atoms with Gasteiger partial charge in [0.25, 0.3) is 0 Å². The van der Waals surface area contributed by atoms with Gasteiger partial charge < -0.3 is 21.9 Å². The molecule has 0 atom stereocenters. The van der Waals surface area contributed by atoms with Gasteiger partial charge >= 0.3 is 60.7 Å². The number of rotatable bonds is 0. The van der Waals surface area contributed by atoms with Crippen LogP contribution in [0.25, 0.3) is 0 Å². The molecule has 0 unspecified atom stereocenters. The van der Waals surface area contributed by atoms with Crippen molar-refractivity contribution in [1.82, 2.24) is 0 Å². The largest absolute Gasteiger partial charge is 4.00 e. The topological polar surface area (TPSA) is 114 Å². The first kappa shape index (κ1) is 165. The fraction of sp³-hybridized carbons (Fsp3) is 0. The fourth-order valence-electron chi connectivity index (χ4n) is 0. The second-order valence-corrected chi connectivity index (χ2v) is 0. The summed E-state index contributed by atoms with van der Waals surface area (Å²) in [4.78, 5) is 0. The zero-order valence-electron chi connectivity index (χ0n) is 3.55. The van der Waals surface area contributed by atoms with Gasteiger partial charge in [0.15, 0.2) is 0 Å². The maximum Gasteiger partial charge on any atom is 4.00 e. The van der Waals surface area contributed by atoms with Crippen LogP contribution in [-0.2, 0) is 82.6 Å². The molecule has 32 valence electrons. The Balaban J connectivity index is 0. The van der Waals surface area contributed by atoms with Crippen molar-refractivity contribution in [3.05, 3.63) is 0 Å². The second kappa shape index (κ2) is 111. The summed E-state index contributed by atoms with van der Waals surface area (Å²) in [6, 6.07) is 0. The van der Waals surface area contributed by atoms with Crippen molar-refractivity contribution in [3.8, 4) is 0 Å². The summed E-state index contributed by atoms with van der Waals surface area (Å²) in [6.07, 6.45) is 0. The molecule has 0 aromatic rings. The number of hydrogen-bond donors (Lipinski definition) is 0. The monoisotopic (exact) mass is 240 g/mol. The molecule has 0 amide bonds. The molecule has 0 aromatic heterocycles. The van der Waals surface area contributed by atoms with Gasteiger partial charge in [0, 0.05) is 0 Å². The second-order valence-electron chi connectivity index (χ2n) is 0. The maximum absolute atomic E-state index is 0. The molecule has 0 N–H and O–H groups in total. The Bertz CT molecular complexity index is 9.65. The standard InChI is InChI=1S/4O.Ti.2Zn/q4*-2;+4;2*+2. The number of hydrogen-bond acceptors (Lipinski definition) is 0. The van der Waals surface area contributed by atoms with Gasteiger partial charge in [-0.15, -0.1) is 0 Å². The van der Waals surface area contributed by atoms with Gasteiger partial charge in [-0.05, 0) is 0 Å². The first-order valence-corrected chi connectivity index (χ1v) is 0. The fourth-order valence-corrected chi connectivity index (χ4v) is 0. The summed E-state index contributed by atoms with van der Waals surface area (Å²) in [5, 5.41) is 0. The van der Waals surface area contributed by atoms with E-state index < -0.39 is 0 Å². The molecule has 0 aliphatic heterocycles. The van der Waals surface area contributed by atoms with Gasteiger partial charge in [-0.2, -0.15) is 0 Å². The normalized spacial score (nSPS) is 0. The molecule has 0 spiro atoms. The van der Waals surface area contributed by atoms with Crippen LogP contribution in [0.3, 0.4) is 0 Å². The minimum absolute atomic E-state index is 0. The molecule has 4 nitrogen and oxygen atoms in total. The van der Waals surface area contributed by atoms with E-state index in [4.69, 9.17) is 0 Å². The smallest absolute Gasteiger partial charge is 2.00 e. The van der Waals surface area contributed by atoms with Gasteiger partial charge in [0.2, 0.25) is 0 Å². The summed E-state index contributed by atoms with van der Waals surface area (Å²) in [6.45, 7) is 0. The summed E-state index contributed by atoms with van der Waals surface area (Å²) < 4.78 is 0. The van der Waals surface area contributed by atoms with Crippen molar-refractivity contribution in [1.29, 1.82) is 0 Å². The van der Waals surface area contributed by atoms with E-state index in [1.807, 2.05) is 0 Å². The van der Waals surface area contributed by atoms with Crippen LogP contribution in [0.5, 0.6) is 0 Å². The van der Waals surface area contributed by atoms with Crippen LogP contribution >= 0.6 is 0 Å². The average molecular weight is 243 g/mol. The van der Waals surface area contributed by atoms with E-state index in [2.05, 4.69) is 0 Å². The summed E-state index contributed by atoms with van der Waals surface area (Å²) >= 11 is 0. The summed E-state index contributed by atoms with van der Waals surface area (Å²) in [7, 11) is 0. The predicted molar refractivity (Wildman–Crippen MR) is 2.75 cm³/mol. The van der Waals surface area contributed by atoms with Crippen molar-refractivity contribution in [2.75, 3.05) is 0 Å². The van der Waals surface area contributed by atoms with Gasteiger partial charge in [-0.1, -0.05) is 0 Å². The molecule has 0 saturated carbocycles. The Kier molecular flexibility index (Phi) is 2620. The Morgan fingerprint density at radius 2 is 0.429 bits per heavy atom. The van der Waals surface area contributed by atoms with Crippen molar-refractivity contribution in [3.63, 3.8) is 0 Å². The Hall–Kier alpha value is 1.80. The van der Waals surface area contributed by atoms with E-state index in [0.717, 1.165) is 0 Å². The van der Waals surface area contributed by atoms with Crippen molar-refractivity contribution < 1.29 is 82.6 Å². The van der Waals surface area contributed by atoms with E-state index in [1.165, 1.54) is 0 Å². The molecule has 0 heterocycles. The molecular formula is O4TiZn2. The third-order valence-corrected chi connectivity index (χ3v) is 0. The van der Waals surface area contributed by atoms with Crippen molar-refractivity contribution in [2.45, 2.75) is 0 Å². The predicted octanol–water partition coefficient (Wildman–Crippen LogP) is -0.483. The first-order valence-electron chi connectivity index (χ1n) is 0. The third kappa shape index (κ3) is 80.9. The SMILES string of the molecule is [O-2].[O-2].[O-2].[O-2].[Ti+4].[Zn+2].[Zn+2]. The van der Waals surface area contributed by atoms with Gasteiger partial charge in [0.05, 0.1) is 0 Å². The molecule has 0 radical (unpaired) electrons. The van der Waals surface area contributed by atoms with E-state index >= 15 is 0 Å². The van der Waals surface area contributed by atoms with Crippen LogP contribution in [-0.4, -0.2) is 0 Å². The van der Waals surface area contributed by atoms with Crippen LogP contribution in [0.2, 0.25) is 0 Å². The zero-order valence-corrected chi connectivity index (χ0v) is 11.0. The van der Waals surface area contributed by atoms with Crippen LogP contribution in [0, 0.1) is 0 Å². The van der Waals surface area contributed by atoms with Crippen molar-refractivity contribution in [2.24, 2.45) is 0 Å². The molecular weight excluding hydrogens is 243 g/mol. The van der Waals surface area contributed by atoms with Crippen LogP contribution < -0.4 is 0 Å². The van der Waals surface area contributed by atoms with Crippen LogP contribution in [0.1, 0.15) is 0 Å². The van der Waals surface area contributed by atoms with Crippen molar-refractivity contribution >= 4 is 0 Å². The molecule has 0 saturated heterocycles. The van der Waals surface area contributed by atoms with Gasteiger partial charge in [0.1, 0.15) is 0 Å². The molecule has 7 heavy (non-hydrogen) atoms. The van der Waals surface area contributed by atoms with Gasteiger partial charge in [-0.25, -0.2) is 0 Å². The Morgan fingerprint density at radius 1 is 0.429 bits per heavy atom. The molecule has 0 bridgehead atoms. The quantitative estimate of drug-likeness (QED) is 0.511. The zero-order chi connectivity index (χ0) is 0. The van der Waals surface area contributed by atoms with Crippen LogP contribution in [0.15, 0.2) is 0 Å². The van der Waals surface area contributed by atoms with Gasteiger partial charge in [-0.3, -0.25) is 0 Å². The third-order valence-electron chi connectivity index (χ3n) is 0. The molecule has 0 aliphatic carbocycles. The van der Waals surface area contributed by atoms with E-state index in [0.29, 0.717) is 0 Å². The summed E-state index contributed by atoms with van der Waals surface area (Å²) in [5.41, 5.74) is 0. The maximum atomic E-state index is 0. The molecule has 0 fully saturated rings. The Morgan fingerprint density at radius 3 is 0.429 bits per heavy atom.